The minimum Gasteiger partial charge on any atom is -0.341 e. The molecule has 0 spiro atoms. The lowest BCUT2D eigenvalue weighted by atomic mass is 10.1. The van der Waals surface area contributed by atoms with Crippen molar-refractivity contribution in [2.75, 3.05) is 11.9 Å². The number of fused-ring (bicyclic) bond motifs is 1. The number of anilines is 1. The lowest BCUT2D eigenvalue weighted by Crippen LogP contribution is -2.52. The predicted molar refractivity (Wildman–Crippen MR) is 94.8 cm³/mol. The van der Waals surface area contributed by atoms with Crippen molar-refractivity contribution in [3.05, 3.63) is 41.2 Å². The van der Waals surface area contributed by atoms with E-state index in [1.54, 1.807) is 23.2 Å². The van der Waals surface area contributed by atoms with Crippen molar-refractivity contribution in [2.45, 2.75) is 31.6 Å². The number of nitrogens with zero attached hydrogens (tertiary/aromatic N) is 5. The van der Waals surface area contributed by atoms with Crippen LogP contribution in [0.15, 0.2) is 40.1 Å². The fraction of sp³-hybridized carbons (Fsp3) is 0.333. The second-order valence-corrected chi connectivity index (χ2v) is 6.34. The number of halogens is 1. The van der Waals surface area contributed by atoms with Crippen LogP contribution in [-0.2, 0) is 6.67 Å². The Morgan fingerprint density at radius 1 is 1.38 bits per heavy atom. The van der Waals surface area contributed by atoms with Crippen molar-refractivity contribution in [1.29, 1.82) is 10.5 Å². The maximum atomic E-state index is 13.1. The van der Waals surface area contributed by atoms with Crippen LogP contribution in [0.1, 0.15) is 24.0 Å². The van der Waals surface area contributed by atoms with Gasteiger partial charge in [0, 0.05) is 17.3 Å². The third-order valence-corrected chi connectivity index (χ3v) is 4.37. The van der Waals surface area contributed by atoms with Gasteiger partial charge in [0.1, 0.15) is 18.2 Å². The van der Waals surface area contributed by atoms with E-state index in [0.717, 1.165) is 18.6 Å². The van der Waals surface area contributed by atoms with E-state index in [-0.39, 0.29) is 0 Å². The molecule has 0 saturated heterocycles. The maximum absolute atomic E-state index is 13.1. The Labute approximate surface area is 150 Å². The van der Waals surface area contributed by atoms with Gasteiger partial charge in [-0.1, -0.05) is 0 Å². The summed E-state index contributed by atoms with van der Waals surface area (Å²) in [6, 6.07) is 9.03. The summed E-state index contributed by atoms with van der Waals surface area (Å²) >= 11 is 0. The SMILES string of the molecule is N#Cc1ccc(NC2=CC(=NC3CC3)C3=NCC(C#N)N3N2)cc1CF. The summed E-state index contributed by atoms with van der Waals surface area (Å²) in [7, 11) is 0. The molecule has 3 aliphatic rings. The van der Waals surface area contributed by atoms with Gasteiger partial charge in [-0.3, -0.25) is 15.4 Å². The number of hydrazine groups is 1. The monoisotopic (exact) mass is 349 g/mol. The molecule has 0 radical (unpaired) electrons. The van der Waals surface area contributed by atoms with Crippen LogP contribution < -0.4 is 10.7 Å². The Morgan fingerprint density at radius 3 is 2.92 bits per heavy atom. The highest BCUT2D eigenvalue weighted by atomic mass is 19.1. The molecule has 1 aliphatic carbocycles. The molecule has 0 amide bonds. The second-order valence-electron chi connectivity index (χ2n) is 6.34. The van der Waals surface area contributed by atoms with Gasteiger partial charge in [-0.15, -0.1) is 0 Å². The molecule has 1 atom stereocenters. The van der Waals surface area contributed by atoms with Crippen LogP contribution in [-0.4, -0.2) is 35.2 Å². The van der Waals surface area contributed by atoms with Gasteiger partial charge < -0.3 is 5.32 Å². The number of alkyl halides is 1. The van der Waals surface area contributed by atoms with Gasteiger partial charge >= 0.3 is 0 Å². The fourth-order valence-corrected chi connectivity index (χ4v) is 2.88. The Balaban J connectivity index is 1.63. The Kier molecular flexibility index (Phi) is 4.02. The Hall–Kier alpha value is -3.39. The number of aliphatic imine (C=N–C) groups is 2. The molecule has 1 unspecified atom stereocenters. The summed E-state index contributed by atoms with van der Waals surface area (Å²) < 4.78 is 13.1. The van der Waals surface area contributed by atoms with Gasteiger partial charge in [0.2, 0.25) is 0 Å². The van der Waals surface area contributed by atoms with Crippen molar-refractivity contribution in [2.24, 2.45) is 9.98 Å². The summed E-state index contributed by atoms with van der Waals surface area (Å²) in [5, 5.41) is 23.2. The topological polar surface area (TPSA) is 99.6 Å². The number of benzene rings is 1. The molecule has 2 aliphatic heterocycles. The first-order valence-electron chi connectivity index (χ1n) is 8.37. The molecular formula is C18H16FN7. The van der Waals surface area contributed by atoms with Gasteiger partial charge in [-0.2, -0.15) is 10.5 Å². The molecule has 1 saturated carbocycles. The summed E-state index contributed by atoms with van der Waals surface area (Å²) in [5.74, 6) is 1.30. The van der Waals surface area contributed by atoms with E-state index in [0.29, 0.717) is 41.1 Å². The third kappa shape index (κ3) is 2.98. The molecule has 26 heavy (non-hydrogen) atoms. The summed E-state index contributed by atoms with van der Waals surface area (Å²) in [6.07, 6.45) is 3.98. The number of nitrogens with one attached hydrogen (secondary N) is 2. The summed E-state index contributed by atoms with van der Waals surface area (Å²) in [4.78, 5) is 9.12. The van der Waals surface area contributed by atoms with Crippen LogP contribution in [0.25, 0.3) is 0 Å². The molecule has 0 bridgehead atoms. The highest BCUT2D eigenvalue weighted by molar-refractivity contribution is 6.46. The lowest BCUT2D eigenvalue weighted by Gasteiger charge is -2.31. The Morgan fingerprint density at radius 2 is 2.23 bits per heavy atom. The average molecular weight is 349 g/mol. The van der Waals surface area contributed by atoms with Crippen molar-refractivity contribution >= 4 is 17.2 Å². The number of rotatable bonds is 4. The number of amidine groups is 1. The van der Waals surface area contributed by atoms with E-state index in [1.807, 2.05) is 12.1 Å². The highest BCUT2D eigenvalue weighted by Crippen LogP contribution is 2.26. The summed E-state index contributed by atoms with van der Waals surface area (Å²) in [6.45, 7) is -0.314. The zero-order valence-corrected chi connectivity index (χ0v) is 13.9. The van der Waals surface area contributed by atoms with Crippen LogP contribution in [0.2, 0.25) is 0 Å². The minimum absolute atomic E-state index is 0.318. The number of hydrogen-bond donors (Lipinski definition) is 2. The Bertz CT molecular complexity index is 914. The quantitative estimate of drug-likeness (QED) is 0.866. The first-order valence-corrected chi connectivity index (χ1v) is 8.37. The number of nitriles is 2. The van der Waals surface area contributed by atoms with E-state index in [1.165, 1.54) is 0 Å². The maximum Gasteiger partial charge on any atom is 0.169 e. The predicted octanol–water partition coefficient (Wildman–Crippen LogP) is 2.01. The molecule has 1 fully saturated rings. The zero-order chi connectivity index (χ0) is 18.1. The van der Waals surface area contributed by atoms with Gasteiger partial charge in [-0.05, 0) is 31.0 Å². The smallest absolute Gasteiger partial charge is 0.169 e. The van der Waals surface area contributed by atoms with Crippen molar-refractivity contribution in [3.63, 3.8) is 0 Å². The van der Waals surface area contributed by atoms with Crippen molar-refractivity contribution < 1.29 is 4.39 Å². The van der Waals surface area contributed by atoms with Crippen LogP contribution in [0.3, 0.4) is 0 Å². The molecule has 2 heterocycles. The lowest BCUT2D eigenvalue weighted by molar-refractivity contribution is 0.328. The second kappa shape index (κ2) is 6.49. The normalized spacial score (nSPS) is 22.7. The van der Waals surface area contributed by atoms with Gasteiger partial charge in [0.15, 0.2) is 11.9 Å². The van der Waals surface area contributed by atoms with E-state index in [9.17, 15) is 9.65 Å². The summed E-state index contributed by atoms with van der Waals surface area (Å²) in [5.41, 5.74) is 5.18. The molecule has 2 N–H and O–H groups in total. The van der Waals surface area contributed by atoms with E-state index >= 15 is 0 Å². The van der Waals surface area contributed by atoms with E-state index in [2.05, 4.69) is 26.8 Å². The van der Waals surface area contributed by atoms with Gasteiger partial charge in [-0.25, -0.2) is 9.40 Å². The molecule has 4 rings (SSSR count). The number of hydrogen-bond acceptors (Lipinski definition) is 7. The molecule has 1 aromatic carbocycles. The first kappa shape index (κ1) is 16.1. The van der Waals surface area contributed by atoms with Crippen LogP contribution >= 0.6 is 0 Å². The van der Waals surface area contributed by atoms with Crippen LogP contribution in [0.5, 0.6) is 0 Å². The van der Waals surface area contributed by atoms with Gasteiger partial charge in [0.25, 0.3) is 0 Å². The van der Waals surface area contributed by atoms with E-state index < -0.39 is 12.7 Å². The third-order valence-electron chi connectivity index (χ3n) is 4.37. The molecule has 7 nitrogen and oxygen atoms in total. The first-order chi connectivity index (χ1) is 12.7. The minimum atomic E-state index is -0.710. The average Bonchev–Trinajstić information content (AvgIpc) is 3.38. The standard InChI is InChI=1S/C18H16FN7/c19-7-12-5-14(2-1-11(12)8-20)24-17-6-16(23-13-3-4-13)18-22-10-15(9-21)26(18)25-17/h1-2,5-6,13,15,24-25H,3-4,7,10H2. The van der Waals surface area contributed by atoms with Crippen LogP contribution in [0, 0.1) is 22.7 Å². The highest BCUT2D eigenvalue weighted by Gasteiger charge is 2.35. The van der Waals surface area contributed by atoms with Gasteiger partial charge in [0.05, 0.1) is 30.3 Å². The van der Waals surface area contributed by atoms with E-state index in [4.69, 9.17) is 5.26 Å². The molecule has 1 aromatic rings. The zero-order valence-electron chi connectivity index (χ0n) is 13.9. The fourth-order valence-electron chi connectivity index (χ4n) is 2.88. The molecule has 8 heteroatoms. The van der Waals surface area contributed by atoms with Crippen molar-refractivity contribution in [1.82, 2.24) is 10.4 Å². The largest absolute Gasteiger partial charge is 0.341 e. The molecule has 0 aromatic heterocycles. The van der Waals surface area contributed by atoms with Crippen LogP contribution in [0.4, 0.5) is 10.1 Å². The molecular weight excluding hydrogens is 333 g/mol. The molecule has 130 valence electrons. The van der Waals surface area contributed by atoms with Crippen molar-refractivity contribution in [3.8, 4) is 12.1 Å².